The average molecular weight is 663 g/mol. The van der Waals surface area contributed by atoms with Crippen LogP contribution in [0.1, 0.15) is 96.8 Å². The van der Waals surface area contributed by atoms with Crippen LogP contribution < -0.4 is 24.8 Å². The molecule has 0 bridgehead atoms. The van der Waals surface area contributed by atoms with E-state index in [9.17, 15) is 0 Å². The summed E-state index contributed by atoms with van der Waals surface area (Å²) in [5.41, 5.74) is 5.80. The molecule has 0 nitrogen and oxygen atoms in total. The third-order valence-corrected chi connectivity index (χ3v) is 8.93. The molecule has 1 fully saturated rings. The Bertz CT molecular complexity index is 1400. The molecule has 1 saturated carbocycles. The normalized spacial score (nSPS) is 14.7. The minimum absolute atomic E-state index is 0. The maximum absolute atomic E-state index is 3.15. The second-order valence-corrected chi connectivity index (χ2v) is 14.7. The number of benzene rings is 3. The number of halogens is 2. The van der Waals surface area contributed by atoms with Crippen molar-refractivity contribution < 1.29 is 49.0 Å². The van der Waals surface area contributed by atoms with Crippen LogP contribution in [0.25, 0.3) is 27.1 Å². The Morgan fingerprint density at radius 1 is 0.683 bits per heavy atom. The van der Waals surface area contributed by atoms with Crippen molar-refractivity contribution in [3.63, 3.8) is 0 Å². The fourth-order valence-electron chi connectivity index (χ4n) is 5.16. The molecule has 4 aromatic carbocycles. The molecule has 0 amide bonds. The average Bonchev–Trinajstić information content (AvgIpc) is 3.57. The first kappa shape index (κ1) is 35.5. The van der Waals surface area contributed by atoms with Crippen LogP contribution in [0.2, 0.25) is 0 Å². The number of allylic oxidation sites excluding steroid dienone is 4. The summed E-state index contributed by atoms with van der Waals surface area (Å²) in [6, 6.07) is 26.6. The van der Waals surface area contributed by atoms with Crippen molar-refractivity contribution >= 4 is 30.3 Å². The Hall–Kier alpha value is -1.66. The van der Waals surface area contributed by atoms with Gasteiger partial charge in [0, 0.05) is 0 Å². The number of rotatable bonds is 1. The van der Waals surface area contributed by atoms with E-state index >= 15 is 0 Å². The standard InChI is InChI=1S/C21H25.C11H9.C6H10.2ClH.Zr/c1-20(2,3)16-7-9-18-14(12-16)11-15-13-17(21(4,5)6)8-10-19(15)18;1-2-6-10(7-3-1)11-8-4-5-9-11;1-2-4-6-5-3-1;;;/h7-13H,1-6H3;1-3,6-9H,4H2;1-5H2;2*1H;/q2*-1;;;;+2/p-2. The summed E-state index contributed by atoms with van der Waals surface area (Å²) < 4.78 is 1.80. The summed E-state index contributed by atoms with van der Waals surface area (Å²) >= 11 is 1.69. The van der Waals surface area contributed by atoms with Crippen molar-refractivity contribution in [1.29, 1.82) is 0 Å². The van der Waals surface area contributed by atoms with Crippen molar-refractivity contribution in [3.05, 3.63) is 108 Å². The van der Waals surface area contributed by atoms with Gasteiger partial charge in [0.15, 0.2) is 0 Å². The van der Waals surface area contributed by atoms with Crippen molar-refractivity contribution in [2.24, 2.45) is 0 Å². The van der Waals surface area contributed by atoms with Gasteiger partial charge in [0.25, 0.3) is 0 Å². The zero-order valence-corrected chi connectivity index (χ0v) is 29.6. The van der Waals surface area contributed by atoms with E-state index in [0.717, 1.165) is 6.42 Å². The van der Waals surface area contributed by atoms with Gasteiger partial charge in [0.05, 0.1) is 0 Å². The Morgan fingerprint density at radius 3 is 1.59 bits per heavy atom. The molecular weight excluding hydrogens is 619 g/mol. The molecule has 0 spiro atoms. The second-order valence-electron chi connectivity index (χ2n) is 13.0. The van der Waals surface area contributed by atoms with Crippen molar-refractivity contribution in [2.75, 3.05) is 0 Å². The molecule has 41 heavy (non-hydrogen) atoms. The van der Waals surface area contributed by atoms with Gasteiger partial charge in [0.1, 0.15) is 0 Å². The number of fused-ring (bicyclic) bond motifs is 3. The van der Waals surface area contributed by atoms with Crippen LogP contribution in [0, 0.1) is 6.08 Å². The van der Waals surface area contributed by atoms with Crippen molar-refractivity contribution in [3.8, 4) is 0 Å². The van der Waals surface area contributed by atoms with Gasteiger partial charge < -0.3 is 24.8 Å². The fourth-order valence-corrected chi connectivity index (χ4v) is 6.03. The first-order valence-electron chi connectivity index (χ1n) is 14.5. The van der Waals surface area contributed by atoms with E-state index in [4.69, 9.17) is 0 Å². The zero-order chi connectivity index (χ0) is 28.0. The number of hydrogen-bond acceptors (Lipinski definition) is 0. The summed E-state index contributed by atoms with van der Waals surface area (Å²) in [6.07, 6.45) is 15.7. The topological polar surface area (TPSA) is 0 Å². The molecule has 216 valence electrons. The molecule has 3 heteroatoms. The van der Waals surface area contributed by atoms with Crippen LogP contribution in [0.3, 0.4) is 0 Å². The zero-order valence-electron chi connectivity index (χ0n) is 25.6. The molecule has 0 N–H and O–H groups in total. The monoisotopic (exact) mass is 660 g/mol. The van der Waals surface area contributed by atoms with Gasteiger partial charge in [-0.15, -0.1) is 51.7 Å². The molecule has 0 heterocycles. The predicted octanol–water partition coefficient (Wildman–Crippen LogP) is 4.82. The summed E-state index contributed by atoms with van der Waals surface area (Å²) in [5, 5.41) is 5.48. The van der Waals surface area contributed by atoms with Gasteiger partial charge in [-0.2, -0.15) is 11.6 Å². The van der Waals surface area contributed by atoms with Gasteiger partial charge in [-0.05, 0) is 10.8 Å². The van der Waals surface area contributed by atoms with Crippen LogP contribution in [-0.4, -0.2) is 3.21 Å². The molecule has 0 radical (unpaired) electrons. The summed E-state index contributed by atoms with van der Waals surface area (Å²) in [6.45, 7) is 13.6. The van der Waals surface area contributed by atoms with E-state index in [1.807, 2.05) is 6.07 Å². The third-order valence-electron chi connectivity index (χ3n) is 7.70. The molecule has 6 rings (SSSR count). The molecule has 0 aliphatic heterocycles. The Morgan fingerprint density at radius 2 is 1.20 bits per heavy atom. The van der Waals surface area contributed by atoms with E-state index in [1.165, 1.54) is 75.9 Å². The summed E-state index contributed by atoms with van der Waals surface area (Å²) in [7, 11) is 0. The molecule has 2 aliphatic rings. The predicted molar refractivity (Wildman–Crippen MR) is 169 cm³/mol. The second kappa shape index (κ2) is 15.7. The SMILES string of the molecule is CC(C)(C)c1ccc2c(c1)[cH-]c1cc(C(C)(C)C)ccc12.[C-]1=CC(c2ccccc2)=CC1.[Cl-].[Cl-].[Zr+2]=[C]1CCCCC1. The summed E-state index contributed by atoms with van der Waals surface area (Å²) in [4.78, 5) is 0. The molecule has 0 unspecified atom stereocenters. The Kier molecular flexibility index (Phi) is 13.6. The van der Waals surface area contributed by atoms with Gasteiger partial charge >= 0.3 is 59.5 Å². The van der Waals surface area contributed by atoms with E-state index in [1.54, 1.807) is 27.4 Å². The molecule has 0 atom stereocenters. The third kappa shape index (κ3) is 9.95. The summed E-state index contributed by atoms with van der Waals surface area (Å²) in [5.74, 6) is 0. The maximum atomic E-state index is 3.15. The molecular formula is C38H44Cl2Zr-2. The molecule has 0 aromatic heterocycles. The van der Waals surface area contributed by atoms with Crippen molar-refractivity contribution in [1.82, 2.24) is 0 Å². The van der Waals surface area contributed by atoms with Crippen LogP contribution in [0.5, 0.6) is 0 Å². The van der Waals surface area contributed by atoms with Gasteiger partial charge in [0.2, 0.25) is 0 Å². The fraction of sp³-hybridized carbons (Fsp3) is 0.368. The Labute approximate surface area is 276 Å². The van der Waals surface area contributed by atoms with E-state index < -0.39 is 0 Å². The molecule has 0 saturated heterocycles. The molecule has 4 aromatic rings. The van der Waals surface area contributed by atoms with E-state index in [0.29, 0.717) is 0 Å². The van der Waals surface area contributed by atoms with Crippen LogP contribution >= 0.6 is 0 Å². The van der Waals surface area contributed by atoms with Crippen LogP contribution in [0.15, 0.2) is 84.9 Å². The first-order chi connectivity index (χ1) is 18.5. The van der Waals surface area contributed by atoms with Crippen LogP contribution in [0.4, 0.5) is 0 Å². The van der Waals surface area contributed by atoms with Gasteiger partial charge in [-0.25, -0.2) is 6.08 Å². The molecule has 2 aliphatic carbocycles. The number of hydrogen-bond donors (Lipinski definition) is 0. The van der Waals surface area contributed by atoms with E-state index in [2.05, 4.69) is 127 Å². The Balaban J connectivity index is 0.000000246. The van der Waals surface area contributed by atoms with Gasteiger partial charge in [-0.3, -0.25) is 6.08 Å². The quantitative estimate of drug-likeness (QED) is 0.257. The minimum atomic E-state index is 0. The van der Waals surface area contributed by atoms with E-state index in [-0.39, 0.29) is 35.6 Å². The van der Waals surface area contributed by atoms with Crippen molar-refractivity contribution in [2.45, 2.75) is 90.9 Å². The first-order valence-corrected chi connectivity index (χ1v) is 15.8. The van der Waals surface area contributed by atoms with Crippen LogP contribution in [-0.2, 0) is 35.1 Å². The van der Waals surface area contributed by atoms with Gasteiger partial charge in [-0.1, -0.05) is 107 Å².